The molecular weight excluding hydrogens is 1330 g/mol. The Labute approximate surface area is 555 Å². The summed E-state index contributed by atoms with van der Waals surface area (Å²) in [4.78, 5) is 12.6. The fraction of sp³-hybridized carbons (Fsp3) is 0.750. The van der Waals surface area contributed by atoms with Gasteiger partial charge >= 0.3 is 0 Å². The fourth-order valence-corrected chi connectivity index (χ4v) is 12.7. The number of aliphatic hydroxyl groups is 21. The summed E-state index contributed by atoms with van der Waals surface area (Å²) in [5, 5.41) is 231. The van der Waals surface area contributed by atoms with E-state index in [1.165, 1.54) is 6.26 Å². The fourth-order valence-electron chi connectivity index (χ4n) is 12.7. The van der Waals surface area contributed by atoms with E-state index in [1.807, 2.05) is 44.2 Å². The van der Waals surface area contributed by atoms with Crippen LogP contribution in [0.1, 0.15) is 13.8 Å². The number of hydrogen-bond acceptors (Lipinski definition) is 38. The average molecular weight is 1420 g/mol. The minimum atomic E-state index is -2.21. The summed E-state index contributed by atoms with van der Waals surface area (Å²) in [7, 11) is 0. The van der Waals surface area contributed by atoms with E-state index in [1.54, 1.807) is 18.2 Å². The molecule has 0 unspecified atom stereocenters. The predicted molar refractivity (Wildman–Crippen MR) is 312 cm³/mol. The van der Waals surface area contributed by atoms with Crippen molar-refractivity contribution in [2.75, 3.05) is 46.2 Å². The summed E-state index contributed by atoms with van der Waals surface area (Å²) in [5.41, 5.74) is 1.94. The molecule has 3 aromatic rings. The van der Waals surface area contributed by atoms with Crippen LogP contribution in [0.4, 0.5) is 0 Å². The van der Waals surface area contributed by atoms with Gasteiger partial charge < -0.3 is 183 Å². The smallest absolute Gasteiger partial charge is 0.200 e. The number of benzene rings is 2. The Hall–Kier alpha value is -3.95. The quantitative estimate of drug-likeness (QED) is 0.0896. The summed E-state index contributed by atoms with van der Waals surface area (Å²) in [6, 6.07) is 14.8. The van der Waals surface area contributed by atoms with E-state index in [-0.39, 0.29) is 11.5 Å². The van der Waals surface area contributed by atoms with E-state index in [2.05, 4.69) is 0 Å². The normalized spacial score (nSPS) is 45.9. The second kappa shape index (κ2) is 33.2. The largest absolute Gasteiger partial charge is 0.491 e. The minimum absolute atomic E-state index is 0.0291. The van der Waals surface area contributed by atoms with E-state index in [9.17, 15) is 112 Å². The van der Waals surface area contributed by atoms with Crippen molar-refractivity contribution in [3.63, 3.8) is 0 Å². The molecule has 0 spiro atoms. The van der Waals surface area contributed by atoms with E-state index >= 15 is 0 Å². The maximum Gasteiger partial charge on any atom is 0.200 e. The van der Waals surface area contributed by atoms with Crippen molar-refractivity contribution in [3.05, 3.63) is 65.0 Å². The third-order valence-electron chi connectivity index (χ3n) is 18.0. The lowest BCUT2D eigenvalue weighted by molar-refractivity contribution is -0.396. The standard InChI is InChI=1S/C42H70O35.C18H16O3/c43-1-8-29-15(50)22(57)36(64-8)72-30-9(2-44)66-38(24(59)17(30)52)74-32-11(4-46)68-40(26(61)19(32)54)76-34-13(6-48)70-42(28(63)21(34)56)77-35-14(7-49)69-41(27(62)20(35)55)75-33-12(5-47)67-39(25(60)18(33)53)73-31-10(3-45)65-37(71-29)23(58)16(31)51;1-12(2)21-14-8-9-15-17(10-14)20-11-16(18(15)19)13-6-4-3-5-7-13/h8-63H,1-7H2;3-12H,1-2H3/t8-,9-,10-,11-,12-,13-,14-,15-,16-,17-,18-,19-,20-,21-,22-,23-,24-,25-,26-,27-,28-,29-,30-,31-,32-,33-,34-,35-,36-,37-,38-,39-,40-,41-,42-;/m1./s1. The molecule has 38 nitrogen and oxygen atoms in total. The van der Waals surface area contributed by atoms with Gasteiger partial charge in [0.15, 0.2) is 49.5 Å². The van der Waals surface area contributed by atoms with Crippen molar-refractivity contribution in [3.8, 4) is 16.9 Å². The first kappa shape index (κ1) is 76.7. The number of ether oxygens (including phenoxy) is 15. The van der Waals surface area contributed by atoms with Gasteiger partial charge in [-0.05, 0) is 31.5 Å². The molecule has 98 heavy (non-hydrogen) atoms. The van der Waals surface area contributed by atoms with Gasteiger partial charge in [0.1, 0.15) is 189 Å². The van der Waals surface area contributed by atoms with Crippen LogP contribution in [-0.2, 0) is 66.3 Å². The summed E-state index contributed by atoms with van der Waals surface area (Å²) in [6.07, 6.45) is -68.6. The van der Waals surface area contributed by atoms with Crippen LogP contribution < -0.4 is 10.2 Å². The molecule has 1 aromatic heterocycles. The van der Waals surface area contributed by atoms with Crippen molar-refractivity contribution >= 4 is 11.0 Å². The molecule has 0 amide bonds. The predicted octanol–water partition coefficient (Wildman–Crippen LogP) is -11.0. The Morgan fingerprint density at radius 2 is 0.582 bits per heavy atom. The molecule has 21 N–H and O–H groups in total. The maximum absolute atomic E-state index is 12.6. The van der Waals surface area contributed by atoms with E-state index in [0.717, 1.165) is 5.56 Å². The number of rotatable bonds is 10. The Balaban J connectivity index is 0.000000418. The second-order valence-corrected chi connectivity index (χ2v) is 24.8. The van der Waals surface area contributed by atoms with Gasteiger partial charge in [-0.15, -0.1) is 0 Å². The van der Waals surface area contributed by atoms with Gasteiger partial charge in [0.05, 0.1) is 63.3 Å². The summed E-state index contributed by atoms with van der Waals surface area (Å²) >= 11 is 0. The molecule has 22 heterocycles. The van der Waals surface area contributed by atoms with Crippen LogP contribution in [0.15, 0.2) is 64.0 Å². The zero-order chi connectivity index (χ0) is 70.9. The van der Waals surface area contributed by atoms with Gasteiger partial charge in [0.2, 0.25) is 0 Å². The van der Waals surface area contributed by atoms with Crippen molar-refractivity contribution in [1.82, 2.24) is 0 Å². The summed E-state index contributed by atoms with van der Waals surface area (Å²) in [5.74, 6) is 0.702. The van der Waals surface area contributed by atoms with Crippen LogP contribution in [0.3, 0.4) is 0 Å². The van der Waals surface area contributed by atoms with E-state index in [4.69, 9.17) is 75.5 Å². The molecule has 21 saturated heterocycles. The molecular formula is C60H86O38. The van der Waals surface area contributed by atoms with Crippen LogP contribution in [0, 0.1) is 0 Å². The topological polar surface area (TPSA) is 593 Å². The minimum Gasteiger partial charge on any atom is -0.491 e. The highest BCUT2D eigenvalue weighted by atomic mass is 16.8. The van der Waals surface area contributed by atoms with Crippen LogP contribution >= 0.6 is 0 Å². The molecule has 21 fully saturated rings. The lowest BCUT2D eigenvalue weighted by Gasteiger charge is -2.50. The first-order valence-corrected chi connectivity index (χ1v) is 31.5. The first-order valence-electron chi connectivity index (χ1n) is 31.5. The van der Waals surface area contributed by atoms with Crippen LogP contribution in [0.2, 0.25) is 0 Å². The molecule has 0 aliphatic carbocycles. The highest BCUT2D eigenvalue weighted by molar-refractivity contribution is 5.82. The molecule has 24 rings (SSSR count). The summed E-state index contributed by atoms with van der Waals surface area (Å²) in [6.45, 7) is -3.41. The van der Waals surface area contributed by atoms with Gasteiger partial charge in [-0.1, -0.05) is 30.3 Å². The van der Waals surface area contributed by atoms with Crippen LogP contribution in [0.5, 0.6) is 5.75 Å². The molecule has 21 aliphatic heterocycles. The van der Waals surface area contributed by atoms with Crippen molar-refractivity contribution < 1.29 is 183 Å². The van der Waals surface area contributed by atoms with Crippen LogP contribution in [0.25, 0.3) is 22.1 Å². The summed E-state index contributed by atoms with van der Waals surface area (Å²) < 4.78 is 90.7. The molecule has 2 aromatic carbocycles. The lowest BCUT2D eigenvalue weighted by Crippen LogP contribution is -2.68. The Morgan fingerprint density at radius 1 is 0.337 bits per heavy atom. The first-order chi connectivity index (χ1) is 46.8. The molecule has 21 aliphatic rings. The average Bonchev–Trinajstić information content (AvgIpc) is 0.783. The molecule has 554 valence electrons. The van der Waals surface area contributed by atoms with Gasteiger partial charge in [-0.2, -0.15) is 0 Å². The Bertz CT molecular complexity index is 2660. The monoisotopic (exact) mass is 1410 g/mol. The van der Waals surface area contributed by atoms with E-state index in [0.29, 0.717) is 22.3 Å². The van der Waals surface area contributed by atoms with E-state index < -0.39 is 261 Å². The van der Waals surface area contributed by atoms with Gasteiger partial charge in [-0.3, -0.25) is 4.79 Å². The lowest BCUT2D eigenvalue weighted by atomic mass is 9.95. The highest BCUT2D eigenvalue weighted by Gasteiger charge is 2.59. The van der Waals surface area contributed by atoms with Gasteiger partial charge in [0.25, 0.3) is 0 Å². The molecule has 0 radical (unpaired) electrons. The molecule has 0 saturated carbocycles. The number of aliphatic hydroxyl groups excluding tert-OH is 21. The third kappa shape index (κ3) is 15.8. The zero-order valence-electron chi connectivity index (χ0n) is 52.3. The SMILES string of the molecule is CC(C)Oc1ccc2c(=O)c(-c3ccccc3)coc2c1.OC[C@H]1O[C@@H]2O[C@H]3[C@H](O)[C@@H](O)[C@@H](O[C@H]4[C@H](O)[C@@H](O)[C@@H](O[C@H]5[C@H](O)[C@@H](O)[C@@H](O[C@H]6[C@H](O)[C@@H](O)[C@@H](O[C@H]7[C@H](O)[C@@H](O)[C@@H](O[C@H]8[C@H](O)[C@@H](O)[C@@H](O[C@H]1[C@H](O)[C@H]2O)O[C@@H]8CO)O[C@@H]7CO)O[C@@H]6CO)O[C@@H]5CO)O[C@@H]4CO)O[C@@H]3CO. The Kier molecular flexibility index (Phi) is 26.0. The Morgan fingerprint density at radius 3 is 0.806 bits per heavy atom. The molecule has 38 heteroatoms. The van der Waals surface area contributed by atoms with Gasteiger partial charge in [0, 0.05) is 6.07 Å². The molecule has 35 atom stereocenters. The molecule has 14 bridgehead atoms. The maximum atomic E-state index is 12.6. The second-order valence-electron chi connectivity index (χ2n) is 24.8. The zero-order valence-corrected chi connectivity index (χ0v) is 52.3. The van der Waals surface area contributed by atoms with Crippen molar-refractivity contribution in [1.29, 1.82) is 0 Å². The van der Waals surface area contributed by atoms with Crippen molar-refractivity contribution in [2.24, 2.45) is 0 Å². The number of fused-ring (bicyclic) bond motifs is 1. The number of hydrogen-bond donors (Lipinski definition) is 21. The van der Waals surface area contributed by atoms with Crippen LogP contribution in [-0.4, -0.2) is 375 Å². The third-order valence-corrected chi connectivity index (χ3v) is 18.0. The van der Waals surface area contributed by atoms with Crippen molar-refractivity contribution in [2.45, 2.75) is 235 Å². The highest BCUT2D eigenvalue weighted by Crippen LogP contribution is 2.39. The van der Waals surface area contributed by atoms with Gasteiger partial charge in [-0.25, -0.2) is 0 Å².